The Kier molecular flexibility index (Phi) is 5.28. The molecular weight excluding hydrogens is 321 g/mol. The van der Waals surface area contributed by atoms with E-state index < -0.39 is 0 Å². The fourth-order valence-electron chi connectivity index (χ4n) is 2.12. The van der Waals surface area contributed by atoms with Gasteiger partial charge in [-0.1, -0.05) is 0 Å². The van der Waals surface area contributed by atoms with Gasteiger partial charge in [-0.15, -0.1) is 0 Å². The summed E-state index contributed by atoms with van der Waals surface area (Å²) >= 11 is 0. The SMILES string of the molecule is COc1nc(-c2cc(OC)c(P=O)c(OC)c2C)nc(OC)[nH+]1. The monoisotopic (exact) mass is 338 g/mol. The van der Waals surface area contributed by atoms with E-state index in [-0.39, 0.29) is 20.5 Å². The van der Waals surface area contributed by atoms with Gasteiger partial charge in [-0.2, -0.15) is 4.98 Å². The molecular formula is C14H17N3O5P+. The molecule has 2 aromatic rings. The number of hydrogen-bond acceptors (Lipinski definition) is 7. The number of aromatic amines is 1. The summed E-state index contributed by atoms with van der Waals surface area (Å²) in [5.41, 5.74) is 1.37. The second-order valence-corrected chi connectivity index (χ2v) is 5.05. The number of aromatic nitrogens is 3. The molecule has 2 rings (SSSR count). The number of nitrogens with one attached hydrogen (secondary N) is 1. The number of ether oxygens (including phenoxy) is 4. The van der Waals surface area contributed by atoms with Crippen LogP contribution in [0.1, 0.15) is 5.56 Å². The summed E-state index contributed by atoms with van der Waals surface area (Å²) in [6.45, 7) is 1.82. The van der Waals surface area contributed by atoms with E-state index >= 15 is 0 Å². The Morgan fingerprint density at radius 2 is 1.61 bits per heavy atom. The Morgan fingerprint density at radius 3 is 2.04 bits per heavy atom. The van der Waals surface area contributed by atoms with Crippen molar-refractivity contribution in [3.63, 3.8) is 0 Å². The molecule has 23 heavy (non-hydrogen) atoms. The first kappa shape index (κ1) is 16.9. The zero-order chi connectivity index (χ0) is 17.0. The van der Waals surface area contributed by atoms with E-state index in [4.69, 9.17) is 18.9 Å². The van der Waals surface area contributed by atoms with Gasteiger partial charge in [-0.05, 0) is 23.0 Å². The van der Waals surface area contributed by atoms with Crippen LogP contribution in [-0.2, 0) is 4.57 Å². The summed E-state index contributed by atoms with van der Waals surface area (Å²) in [5, 5.41) is 0.428. The zero-order valence-electron chi connectivity index (χ0n) is 13.5. The van der Waals surface area contributed by atoms with Crippen molar-refractivity contribution in [1.29, 1.82) is 0 Å². The van der Waals surface area contributed by atoms with Crippen LogP contribution in [0.5, 0.6) is 23.5 Å². The number of methoxy groups -OCH3 is 4. The number of H-pyrrole nitrogens is 1. The molecule has 0 saturated carbocycles. The summed E-state index contributed by atoms with van der Waals surface area (Å²) in [6.07, 6.45) is 0. The van der Waals surface area contributed by atoms with Crippen LogP contribution in [0.3, 0.4) is 0 Å². The predicted octanol–water partition coefficient (Wildman–Crippen LogP) is 1.22. The Labute approximate surface area is 135 Å². The molecule has 9 heteroatoms. The molecule has 0 aliphatic carbocycles. The smallest absolute Gasteiger partial charge is 0.437 e. The quantitative estimate of drug-likeness (QED) is 0.731. The Morgan fingerprint density at radius 1 is 1.00 bits per heavy atom. The van der Waals surface area contributed by atoms with Crippen molar-refractivity contribution in [2.75, 3.05) is 28.4 Å². The molecule has 0 aliphatic heterocycles. The maximum absolute atomic E-state index is 11.4. The number of hydrogen-bond donors (Lipinski definition) is 0. The fourth-order valence-corrected chi connectivity index (χ4v) is 2.71. The highest BCUT2D eigenvalue weighted by Gasteiger charge is 2.25. The molecule has 1 aromatic heterocycles. The average Bonchev–Trinajstić information content (AvgIpc) is 2.60. The minimum absolute atomic E-state index is 0.200. The van der Waals surface area contributed by atoms with Crippen molar-refractivity contribution in [2.24, 2.45) is 0 Å². The van der Waals surface area contributed by atoms with Crippen LogP contribution >= 0.6 is 8.46 Å². The van der Waals surface area contributed by atoms with Crippen molar-refractivity contribution in [1.82, 2.24) is 9.97 Å². The standard InChI is InChI=1S/C14H16N3O5P/c1-7-8(6-9(19-2)11(23-18)10(7)20-3)12-15-13(21-4)17-14(16-12)22-5/h6H,1-5H3/p+1. The molecule has 0 unspecified atom stereocenters. The number of benzene rings is 1. The van der Waals surface area contributed by atoms with E-state index in [1.165, 1.54) is 28.4 Å². The van der Waals surface area contributed by atoms with E-state index in [9.17, 15) is 4.57 Å². The summed E-state index contributed by atoms with van der Waals surface area (Å²) in [6, 6.07) is 2.19. The summed E-state index contributed by atoms with van der Waals surface area (Å²) in [4.78, 5) is 11.3. The van der Waals surface area contributed by atoms with Crippen molar-refractivity contribution >= 4 is 13.8 Å². The average molecular weight is 338 g/mol. The molecule has 0 radical (unpaired) electrons. The van der Waals surface area contributed by atoms with Crippen molar-refractivity contribution in [2.45, 2.75) is 6.92 Å². The minimum atomic E-state index is -0.200. The third kappa shape index (κ3) is 3.17. The Bertz CT molecular complexity index is 717. The topological polar surface area (TPSA) is 93.9 Å². The lowest BCUT2D eigenvalue weighted by molar-refractivity contribution is -0.416. The van der Waals surface area contributed by atoms with Crippen LogP contribution in [0, 0.1) is 6.92 Å². The molecule has 0 aliphatic rings. The van der Waals surface area contributed by atoms with Crippen LogP contribution in [0.4, 0.5) is 0 Å². The number of rotatable bonds is 6. The van der Waals surface area contributed by atoms with Gasteiger partial charge in [0, 0.05) is 5.56 Å². The molecule has 0 bridgehead atoms. The highest BCUT2D eigenvalue weighted by Crippen LogP contribution is 2.34. The lowest BCUT2D eigenvalue weighted by atomic mass is 10.1. The molecule has 122 valence electrons. The summed E-state index contributed by atoms with van der Waals surface area (Å²) in [7, 11) is 5.75. The van der Waals surface area contributed by atoms with E-state index in [0.717, 1.165) is 5.56 Å². The fraction of sp³-hybridized carbons (Fsp3) is 0.357. The first-order chi connectivity index (χ1) is 11.1. The molecule has 0 saturated heterocycles. The van der Waals surface area contributed by atoms with E-state index in [0.29, 0.717) is 28.2 Å². The van der Waals surface area contributed by atoms with Gasteiger partial charge in [0.2, 0.25) is 0 Å². The maximum Gasteiger partial charge on any atom is 0.437 e. The van der Waals surface area contributed by atoms with E-state index in [1.54, 1.807) is 6.07 Å². The second kappa shape index (κ2) is 7.19. The largest absolute Gasteiger partial charge is 0.495 e. The lowest BCUT2D eigenvalue weighted by Gasteiger charge is -2.13. The molecule has 1 heterocycles. The minimum Gasteiger partial charge on any atom is -0.495 e. The van der Waals surface area contributed by atoms with Crippen molar-refractivity contribution < 1.29 is 28.5 Å². The maximum atomic E-state index is 11.4. The highest BCUT2D eigenvalue weighted by molar-refractivity contribution is 7.34. The molecule has 0 spiro atoms. The highest BCUT2D eigenvalue weighted by atomic mass is 31.1. The van der Waals surface area contributed by atoms with E-state index in [2.05, 4.69) is 15.0 Å². The van der Waals surface area contributed by atoms with Gasteiger partial charge in [-0.3, -0.25) is 4.57 Å². The van der Waals surface area contributed by atoms with Gasteiger partial charge in [-0.25, -0.2) is 0 Å². The molecule has 1 N–H and O–H groups in total. The van der Waals surface area contributed by atoms with E-state index in [1.807, 2.05) is 6.92 Å². The molecule has 8 nitrogen and oxygen atoms in total. The molecule has 0 amide bonds. The normalized spacial score (nSPS) is 10.5. The Hall–Kier alpha value is -2.47. The van der Waals surface area contributed by atoms with Gasteiger partial charge in [0.1, 0.15) is 16.8 Å². The van der Waals surface area contributed by atoms with Crippen molar-refractivity contribution in [3.8, 4) is 34.9 Å². The van der Waals surface area contributed by atoms with Crippen LogP contribution in [0.25, 0.3) is 11.4 Å². The summed E-state index contributed by atoms with van der Waals surface area (Å²) < 4.78 is 32.3. The predicted molar refractivity (Wildman–Crippen MR) is 82.2 cm³/mol. The number of nitrogens with zero attached hydrogens (tertiary/aromatic N) is 2. The Balaban J connectivity index is 2.75. The van der Waals surface area contributed by atoms with Gasteiger partial charge < -0.3 is 18.9 Å². The van der Waals surface area contributed by atoms with Crippen molar-refractivity contribution in [3.05, 3.63) is 11.6 Å². The second-order valence-electron chi connectivity index (χ2n) is 4.42. The zero-order valence-corrected chi connectivity index (χ0v) is 14.4. The third-order valence-corrected chi connectivity index (χ3v) is 3.85. The first-order valence-electron chi connectivity index (χ1n) is 6.58. The van der Waals surface area contributed by atoms with Crippen LogP contribution in [-0.4, -0.2) is 38.4 Å². The van der Waals surface area contributed by atoms with Gasteiger partial charge in [0.05, 0.1) is 34.0 Å². The molecule has 1 aromatic carbocycles. The third-order valence-electron chi connectivity index (χ3n) is 3.24. The molecule has 0 atom stereocenters. The summed E-state index contributed by atoms with van der Waals surface area (Å²) in [5.74, 6) is 1.22. The lowest BCUT2D eigenvalue weighted by Crippen LogP contribution is -2.16. The van der Waals surface area contributed by atoms with Crippen LogP contribution in [0.2, 0.25) is 0 Å². The van der Waals surface area contributed by atoms with Gasteiger partial charge in [0.25, 0.3) is 0 Å². The van der Waals surface area contributed by atoms with Gasteiger partial charge >= 0.3 is 17.8 Å². The van der Waals surface area contributed by atoms with Crippen LogP contribution in [0.15, 0.2) is 6.07 Å². The van der Waals surface area contributed by atoms with Gasteiger partial charge in [0.15, 0.2) is 8.46 Å². The molecule has 0 fully saturated rings. The van der Waals surface area contributed by atoms with Crippen LogP contribution < -0.4 is 29.2 Å². The first-order valence-corrected chi connectivity index (χ1v) is 7.39.